The van der Waals surface area contributed by atoms with Gasteiger partial charge in [-0.3, -0.25) is 9.80 Å². The molecule has 0 saturated carbocycles. The summed E-state index contributed by atoms with van der Waals surface area (Å²) < 4.78 is 0. The summed E-state index contributed by atoms with van der Waals surface area (Å²) in [6.07, 6.45) is 2.20. The minimum absolute atomic E-state index is 0.536. The number of piperazine rings is 1. The maximum Gasteiger partial charge on any atom is 0.0481 e. The van der Waals surface area contributed by atoms with Gasteiger partial charge in [0.05, 0.1) is 0 Å². The molecule has 1 aromatic carbocycles. The van der Waals surface area contributed by atoms with Crippen LogP contribution >= 0.6 is 11.8 Å². The van der Waals surface area contributed by atoms with Crippen molar-refractivity contribution in [2.75, 3.05) is 38.2 Å². The summed E-state index contributed by atoms with van der Waals surface area (Å²) in [5, 5.41) is 0. The molecule has 0 N–H and O–H groups in total. The van der Waals surface area contributed by atoms with Crippen LogP contribution in [0.1, 0.15) is 50.8 Å². The topological polar surface area (TPSA) is 6.48 Å². The lowest BCUT2D eigenvalue weighted by atomic mass is 9.90. The number of hydrogen-bond donors (Lipinski definition) is 0. The van der Waals surface area contributed by atoms with Crippen LogP contribution in [0.4, 0.5) is 0 Å². The molecule has 0 bridgehead atoms. The van der Waals surface area contributed by atoms with Gasteiger partial charge in [0.25, 0.3) is 0 Å². The predicted molar refractivity (Wildman–Crippen MR) is 99.9 cm³/mol. The van der Waals surface area contributed by atoms with Gasteiger partial charge in [-0.25, -0.2) is 0 Å². The van der Waals surface area contributed by atoms with Crippen molar-refractivity contribution in [3.8, 4) is 0 Å². The first-order valence-electron chi connectivity index (χ1n) is 8.60. The lowest BCUT2D eigenvalue weighted by Gasteiger charge is -2.44. The summed E-state index contributed by atoms with van der Waals surface area (Å²) >= 11 is 1.95. The van der Waals surface area contributed by atoms with E-state index in [1.807, 2.05) is 11.8 Å². The largest absolute Gasteiger partial charge is 0.299 e. The molecule has 1 fully saturated rings. The molecular formula is C19H32N2S. The summed E-state index contributed by atoms with van der Waals surface area (Å²) in [4.78, 5) is 5.34. The van der Waals surface area contributed by atoms with Crippen LogP contribution in [0, 0.1) is 0 Å². The maximum absolute atomic E-state index is 2.69. The third-order valence-corrected chi connectivity index (χ3v) is 5.35. The standard InChI is InChI=1S/C19H32N2S/c1-15(2)17-8-6-7-9-18(17)19-14-20(12-13-22-5)10-11-21(19)16(3)4/h6-9,15-16,19H,10-14H2,1-5H3. The van der Waals surface area contributed by atoms with E-state index in [0.29, 0.717) is 18.0 Å². The van der Waals surface area contributed by atoms with Crippen molar-refractivity contribution in [1.29, 1.82) is 0 Å². The van der Waals surface area contributed by atoms with Gasteiger partial charge in [-0.15, -0.1) is 0 Å². The highest BCUT2D eigenvalue weighted by molar-refractivity contribution is 7.98. The van der Waals surface area contributed by atoms with E-state index in [1.54, 1.807) is 5.56 Å². The van der Waals surface area contributed by atoms with Crippen LogP contribution in [0.2, 0.25) is 0 Å². The van der Waals surface area contributed by atoms with Crippen LogP contribution < -0.4 is 0 Å². The second-order valence-electron chi connectivity index (χ2n) is 6.92. The first-order valence-corrected chi connectivity index (χ1v) is 9.99. The van der Waals surface area contributed by atoms with Gasteiger partial charge in [-0.1, -0.05) is 38.1 Å². The van der Waals surface area contributed by atoms with Crippen LogP contribution in [0.5, 0.6) is 0 Å². The van der Waals surface area contributed by atoms with E-state index in [0.717, 1.165) is 0 Å². The Morgan fingerprint density at radius 2 is 1.86 bits per heavy atom. The maximum atomic E-state index is 2.69. The molecular weight excluding hydrogens is 288 g/mol. The van der Waals surface area contributed by atoms with Gasteiger partial charge in [0.15, 0.2) is 0 Å². The number of thioether (sulfide) groups is 1. The highest BCUT2D eigenvalue weighted by Gasteiger charge is 2.31. The molecule has 3 heteroatoms. The first kappa shape index (κ1) is 17.8. The molecule has 0 amide bonds. The molecule has 124 valence electrons. The van der Waals surface area contributed by atoms with Crippen LogP contribution in [0.3, 0.4) is 0 Å². The van der Waals surface area contributed by atoms with E-state index in [1.165, 1.54) is 37.5 Å². The molecule has 22 heavy (non-hydrogen) atoms. The lowest BCUT2D eigenvalue weighted by Crippen LogP contribution is -2.51. The molecule has 1 atom stereocenters. The Kier molecular flexibility index (Phi) is 6.79. The number of benzene rings is 1. The zero-order valence-corrected chi connectivity index (χ0v) is 15.7. The SMILES string of the molecule is CSCCN1CCN(C(C)C)C(c2ccccc2C(C)C)C1. The predicted octanol–water partition coefficient (Wildman–Crippen LogP) is 4.24. The van der Waals surface area contributed by atoms with Crippen molar-refractivity contribution in [3.63, 3.8) is 0 Å². The Morgan fingerprint density at radius 3 is 2.50 bits per heavy atom. The third kappa shape index (κ3) is 4.27. The minimum atomic E-state index is 0.536. The number of rotatable bonds is 6. The van der Waals surface area contributed by atoms with Gasteiger partial charge in [-0.05, 0) is 37.1 Å². The molecule has 0 spiro atoms. The van der Waals surface area contributed by atoms with Crippen LogP contribution in [0.15, 0.2) is 24.3 Å². The molecule has 1 aromatic rings. The Bertz CT molecular complexity index is 459. The van der Waals surface area contributed by atoms with Gasteiger partial charge in [-0.2, -0.15) is 11.8 Å². The van der Waals surface area contributed by atoms with Crippen molar-refractivity contribution in [1.82, 2.24) is 9.80 Å². The van der Waals surface area contributed by atoms with E-state index in [2.05, 4.69) is 68.0 Å². The smallest absolute Gasteiger partial charge is 0.0481 e. The van der Waals surface area contributed by atoms with Crippen LogP contribution in [-0.4, -0.2) is 54.0 Å². The monoisotopic (exact) mass is 320 g/mol. The van der Waals surface area contributed by atoms with E-state index < -0.39 is 0 Å². The highest BCUT2D eigenvalue weighted by atomic mass is 32.2. The quantitative estimate of drug-likeness (QED) is 0.774. The summed E-state index contributed by atoms with van der Waals surface area (Å²) in [5.41, 5.74) is 3.06. The average molecular weight is 321 g/mol. The van der Waals surface area contributed by atoms with Gasteiger partial charge in [0, 0.05) is 44.0 Å². The second-order valence-corrected chi connectivity index (χ2v) is 7.91. The van der Waals surface area contributed by atoms with Crippen molar-refractivity contribution in [3.05, 3.63) is 35.4 Å². The van der Waals surface area contributed by atoms with Crippen molar-refractivity contribution >= 4 is 11.8 Å². The molecule has 0 aromatic heterocycles. The summed E-state index contributed by atoms with van der Waals surface area (Å²) in [7, 11) is 0. The van der Waals surface area contributed by atoms with Gasteiger partial charge >= 0.3 is 0 Å². The third-order valence-electron chi connectivity index (χ3n) is 4.76. The van der Waals surface area contributed by atoms with Crippen LogP contribution in [0.25, 0.3) is 0 Å². The van der Waals surface area contributed by atoms with Crippen LogP contribution in [-0.2, 0) is 0 Å². The lowest BCUT2D eigenvalue weighted by molar-refractivity contribution is 0.0535. The molecule has 0 aliphatic carbocycles. The Morgan fingerprint density at radius 1 is 1.14 bits per heavy atom. The zero-order chi connectivity index (χ0) is 16.1. The molecule has 1 saturated heterocycles. The van der Waals surface area contributed by atoms with Crippen molar-refractivity contribution in [2.24, 2.45) is 0 Å². The fourth-order valence-electron chi connectivity index (χ4n) is 3.51. The normalized spacial score (nSPS) is 21.0. The highest BCUT2D eigenvalue weighted by Crippen LogP contribution is 2.32. The van der Waals surface area contributed by atoms with E-state index >= 15 is 0 Å². The second kappa shape index (κ2) is 8.37. The molecule has 1 unspecified atom stereocenters. The molecule has 2 rings (SSSR count). The summed E-state index contributed by atoms with van der Waals surface area (Å²) in [5.74, 6) is 1.83. The Labute approximate surface area is 141 Å². The van der Waals surface area contributed by atoms with Gasteiger partial charge < -0.3 is 0 Å². The molecule has 0 radical (unpaired) electrons. The summed E-state index contributed by atoms with van der Waals surface area (Å²) in [6.45, 7) is 14.1. The summed E-state index contributed by atoms with van der Waals surface area (Å²) in [6, 6.07) is 10.2. The van der Waals surface area contributed by atoms with E-state index in [9.17, 15) is 0 Å². The molecule has 2 nitrogen and oxygen atoms in total. The average Bonchev–Trinajstić information content (AvgIpc) is 2.52. The Hall–Kier alpha value is -0.510. The number of nitrogens with zero attached hydrogens (tertiary/aromatic N) is 2. The van der Waals surface area contributed by atoms with Crippen molar-refractivity contribution in [2.45, 2.75) is 45.7 Å². The first-order chi connectivity index (χ1) is 10.5. The number of hydrogen-bond acceptors (Lipinski definition) is 3. The van der Waals surface area contributed by atoms with Crippen molar-refractivity contribution < 1.29 is 0 Å². The van der Waals surface area contributed by atoms with Gasteiger partial charge in [0.2, 0.25) is 0 Å². The zero-order valence-electron chi connectivity index (χ0n) is 14.9. The van der Waals surface area contributed by atoms with E-state index in [4.69, 9.17) is 0 Å². The fourth-order valence-corrected chi connectivity index (χ4v) is 3.95. The fraction of sp³-hybridized carbons (Fsp3) is 0.684. The Balaban J connectivity index is 2.26. The van der Waals surface area contributed by atoms with E-state index in [-0.39, 0.29) is 0 Å². The molecule has 1 aliphatic rings. The molecule has 1 heterocycles. The minimum Gasteiger partial charge on any atom is -0.299 e. The van der Waals surface area contributed by atoms with Gasteiger partial charge in [0.1, 0.15) is 0 Å². The molecule has 1 aliphatic heterocycles.